The van der Waals surface area contributed by atoms with Crippen molar-refractivity contribution in [2.75, 3.05) is 32.5 Å². The van der Waals surface area contributed by atoms with Crippen LogP contribution >= 0.6 is 23.4 Å². The van der Waals surface area contributed by atoms with Gasteiger partial charge in [0.2, 0.25) is 0 Å². The van der Waals surface area contributed by atoms with Gasteiger partial charge in [-0.15, -0.1) is 0 Å². The summed E-state index contributed by atoms with van der Waals surface area (Å²) in [4.78, 5) is 2.42. The van der Waals surface area contributed by atoms with E-state index in [-0.39, 0.29) is 6.04 Å². The summed E-state index contributed by atoms with van der Waals surface area (Å²) in [7, 11) is 1.68. The van der Waals surface area contributed by atoms with Gasteiger partial charge in [0.05, 0.1) is 13.2 Å². The van der Waals surface area contributed by atoms with Crippen molar-refractivity contribution in [2.24, 2.45) is 5.73 Å². The van der Waals surface area contributed by atoms with Gasteiger partial charge in [0, 0.05) is 41.2 Å². The molecule has 1 aromatic carbocycles. The number of hydrogen-bond donors (Lipinski definition) is 1. The Bertz CT molecular complexity index is 430. The summed E-state index contributed by atoms with van der Waals surface area (Å²) < 4.78 is 5.45. The second-order valence-corrected chi connectivity index (χ2v) is 6.74. The molecule has 0 amide bonds. The van der Waals surface area contributed by atoms with Crippen molar-refractivity contribution >= 4 is 23.4 Å². The highest BCUT2D eigenvalue weighted by molar-refractivity contribution is 7.99. The zero-order valence-electron chi connectivity index (χ0n) is 11.4. The lowest BCUT2D eigenvalue weighted by Gasteiger charge is -2.37. The Balaban J connectivity index is 2.31. The molecule has 1 aliphatic heterocycles. The zero-order chi connectivity index (χ0) is 13.8. The largest absolute Gasteiger partial charge is 0.496 e. The fourth-order valence-electron chi connectivity index (χ4n) is 2.60. The van der Waals surface area contributed by atoms with Crippen molar-refractivity contribution in [3.8, 4) is 5.75 Å². The van der Waals surface area contributed by atoms with Gasteiger partial charge in [-0.1, -0.05) is 24.6 Å². The minimum Gasteiger partial charge on any atom is -0.496 e. The normalized spacial score (nSPS) is 22.2. The summed E-state index contributed by atoms with van der Waals surface area (Å²) in [6.07, 6.45) is 0. The van der Waals surface area contributed by atoms with Crippen LogP contribution in [0.4, 0.5) is 0 Å². The maximum Gasteiger partial charge on any atom is 0.125 e. The van der Waals surface area contributed by atoms with Crippen LogP contribution in [0.3, 0.4) is 0 Å². The molecule has 0 saturated carbocycles. The Hall–Kier alpha value is -0.420. The molecule has 0 radical (unpaired) electrons. The van der Waals surface area contributed by atoms with Crippen LogP contribution in [0.5, 0.6) is 5.75 Å². The first-order valence-electron chi connectivity index (χ1n) is 6.55. The van der Waals surface area contributed by atoms with Crippen LogP contribution in [0.25, 0.3) is 0 Å². The van der Waals surface area contributed by atoms with E-state index in [1.54, 1.807) is 7.11 Å². The lowest BCUT2D eigenvalue weighted by molar-refractivity contribution is 0.207. The quantitative estimate of drug-likeness (QED) is 0.928. The van der Waals surface area contributed by atoms with Gasteiger partial charge in [-0.2, -0.15) is 11.8 Å². The molecule has 1 aliphatic rings. The maximum absolute atomic E-state index is 6.37. The number of ether oxygens (including phenoxy) is 1. The lowest BCUT2D eigenvalue weighted by Crippen LogP contribution is -2.42. The second-order valence-electron chi connectivity index (χ2n) is 4.78. The van der Waals surface area contributed by atoms with E-state index in [0.717, 1.165) is 35.2 Å². The molecule has 0 bridgehead atoms. The molecule has 19 heavy (non-hydrogen) atoms. The van der Waals surface area contributed by atoms with Gasteiger partial charge in [-0.3, -0.25) is 4.90 Å². The molecule has 1 fully saturated rings. The average molecular weight is 301 g/mol. The smallest absolute Gasteiger partial charge is 0.125 e. The van der Waals surface area contributed by atoms with E-state index in [9.17, 15) is 0 Å². The van der Waals surface area contributed by atoms with Crippen molar-refractivity contribution in [2.45, 2.75) is 18.2 Å². The van der Waals surface area contributed by atoms with E-state index >= 15 is 0 Å². The number of hydrogen-bond acceptors (Lipinski definition) is 4. The molecule has 3 nitrogen and oxygen atoms in total. The van der Waals surface area contributed by atoms with E-state index in [1.807, 2.05) is 30.0 Å². The van der Waals surface area contributed by atoms with Crippen molar-refractivity contribution in [1.82, 2.24) is 4.90 Å². The Morgan fingerprint density at radius 2 is 2.37 bits per heavy atom. The van der Waals surface area contributed by atoms with E-state index in [0.29, 0.717) is 11.8 Å². The summed E-state index contributed by atoms with van der Waals surface area (Å²) in [5.74, 6) is 1.97. The highest BCUT2D eigenvalue weighted by Gasteiger charge is 2.28. The number of methoxy groups -OCH3 is 1. The van der Waals surface area contributed by atoms with Crippen LogP contribution in [0, 0.1) is 0 Å². The van der Waals surface area contributed by atoms with Crippen molar-refractivity contribution in [1.29, 1.82) is 0 Å². The minimum atomic E-state index is 0.131. The molecule has 2 atom stereocenters. The van der Waals surface area contributed by atoms with Crippen LogP contribution in [-0.4, -0.2) is 42.6 Å². The third kappa shape index (κ3) is 3.37. The standard InChI is InChI=1S/C14H21ClN2OS/c1-10-9-17(6-7-19-10)12(8-16)14-11(15)4-3-5-13(14)18-2/h3-5,10,12H,6-9,16H2,1-2H3. The molecule has 1 aromatic rings. The van der Waals surface area contributed by atoms with Crippen LogP contribution in [0.15, 0.2) is 18.2 Å². The average Bonchev–Trinajstić information content (AvgIpc) is 2.41. The van der Waals surface area contributed by atoms with Gasteiger partial charge >= 0.3 is 0 Å². The first-order valence-corrected chi connectivity index (χ1v) is 7.98. The van der Waals surface area contributed by atoms with Crippen molar-refractivity contribution in [3.05, 3.63) is 28.8 Å². The Labute approximate surface area is 124 Å². The predicted octanol–water partition coefficient (Wildman–Crippen LogP) is 2.79. The molecule has 106 valence electrons. The number of nitrogens with two attached hydrogens (primary N) is 1. The van der Waals surface area contributed by atoms with Crippen LogP contribution in [0.1, 0.15) is 18.5 Å². The van der Waals surface area contributed by atoms with Crippen LogP contribution in [-0.2, 0) is 0 Å². The molecule has 0 spiro atoms. The van der Waals surface area contributed by atoms with Crippen molar-refractivity contribution in [3.63, 3.8) is 0 Å². The molecular formula is C14H21ClN2OS. The summed E-state index contributed by atoms with van der Waals surface area (Å²) >= 11 is 8.38. The molecule has 5 heteroatoms. The molecule has 0 aliphatic carbocycles. The minimum absolute atomic E-state index is 0.131. The molecule has 2 unspecified atom stereocenters. The fourth-order valence-corrected chi connectivity index (χ4v) is 3.93. The third-order valence-electron chi connectivity index (χ3n) is 3.50. The summed E-state index contributed by atoms with van der Waals surface area (Å²) in [6.45, 7) is 4.90. The van der Waals surface area contributed by atoms with Gasteiger partial charge in [0.15, 0.2) is 0 Å². The Morgan fingerprint density at radius 1 is 1.58 bits per heavy atom. The third-order valence-corrected chi connectivity index (χ3v) is 4.97. The summed E-state index contributed by atoms with van der Waals surface area (Å²) in [5.41, 5.74) is 7.03. The SMILES string of the molecule is COc1cccc(Cl)c1C(CN)N1CCSC(C)C1. The number of rotatable bonds is 4. The number of thioether (sulfide) groups is 1. The summed E-state index contributed by atoms with van der Waals surface area (Å²) in [5, 5.41) is 1.37. The topological polar surface area (TPSA) is 38.5 Å². The van der Waals surface area contributed by atoms with E-state index in [1.165, 1.54) is 0 Å². The molecular weight excluding hydrogens is 280 g/mol. The van der Waals surface area contributed by atoms with Crippen molar-refractivity contribution < 1.29 is 4.74 Å². The van der Waals surface area contributed by atoms with Gasteiger partial charge in [-0.05, 0) is 12.1 Å². The molecule has 1 saturated heterocycles. The van der Waals surface area contributed by atoms with E-state index in [2.05, 4.69) is 11.8 Å². The fraction of sp³-hybridized carbons (Fsp3) is 0.571. The Kier molecular flexibility index (Phi) is 5.39. The first kappa shape index (κ1) is 15.0. The first-order chi connectivity index (χ1) is 9.17. The van der Waals surface area contributed by atoms with Crippen LogP contribution < -0.4 is 10.5 Å². The number of benzene rings is 1. The number of nitrogens with zero attached hydrogens (tertiary/aromatic N) is 1. The number of halogens is 1. The van der Waals surface area contributed by atoms with Crippen LogP contribution in [0.2, 0.25) is 5.02 Å². The second kappa shape index (κ2) is 6.84. The molecule has 2 rings (SSSR count). The van der Waals surface area contributed by atoms with E-state index < -0.39 is 0 Å². The van der Waals surface area contributed by atoms with Gasteiger partial charge in [0.25, 0.3) is 0 Å². The zero-order valence-corrected chi connectivity index (χ0v) is 13.0. The van der Waals surface area contributed by atoms with Gasteiger partial charge in [0.1, 0.15) is 5.75 Å². The highest BCUT2D eigenvalue weighted by atomic mass is 35.5. The molecule has 1 heterocycles. The maximum atomic E-state index is 6.37. The summed E-state index contributed by atoms with van der Waals surface area (Å²) in [6, 6.07) is 5.90. The Morgan fingerprint density at radius 3 is 3.00 bits per heavy atom. The molecule has 2 N–H and O–H groups in total. The van der Waals surface area contributed by atoms with E-state index in [4.69, 9.17) is 22.1 Å². The lowest BCUT2D eigenvalue weighted by atomic mass is 10.0. The monoisotopic (exact) mass is 300 g/mol. The van der Waals surface area contributed by atoms with Gasteiger partial charge in [-0.25, -0.2) is 0 Å². The predicted molar refractivity (Wildman–Crippen MR) is 83.3 cm³/mol. The molecule has 0 aromatic heterocycles. The highest BCUT2D eigenvalue weighted by Crippen LogP contribution is 2.36. The van der Waals surface area contributed by atoms with Gasteiger partial charge < -0.3 is 10.5 Å².